The average Bonchev–Trinajstić information content (AvgIpc) is 2.37. The minimum atomic E-state index is 0.354. The topological polar surface area (TPSA) is 20.3 Å². The van der Waals surface area contributed by atoms with E-state index in [1.165, 1.54) is 12.8 Å². The Balaban J connectivity index is 2.10. The summed E-state index contributed by atoms with van der Waals surface area (Å²) in [7, 11) is 0. The van der Waals surface area contributed by atoms with Gasteiger partial charge in [0.05, 0.1) is 0 Å². The van der Waals surface area contributed by atoms with E-state index >= 15 is 0 Å². The van der Waals surface area contributed by atoms with E-state index in [1.807, 2.05) is 6.92 Å². The Morgan fingerprint density at radius 3 is 2.38 bits per heavy atom. The van der Waals surface area contributed by atoms with Gasteiger partial charge in [0.1, 0.15) is 0 Å². The van der Waals surface area contributed by atoms with Gasteiger partial charge in [-0.3, -0.25) is 4.79 Å². The van der Waals surface area contributed by atoms with Crippen LogP contribution in [-0.4, -0.2) is 27.7 Å². The summed E-state index contributed by atoms with van der Waals surface area (Å²) in [6.45, 7) is 1.96. The highest BCUT2D eigenvalue weighted by Crippen LogP contribution is 2.38. The number of halogens is 1. The lowest BCUT2D eigenvalue weighted by atomic mass is 10.0. The number of carbonyl (C=O) groups excluding carboxylic acids is 1. The van der Waals surface area contributed by atoms with Crippen molar-refractivity contribution in [1.29, 1.82) is 0 Å². The normalized spacial score (nSPS) is 38.0. The van der Waals surface area contributed by atoms with E-state index in [9.17, 15) is 4.79 Å². The molecule has 2 bridgehead atoms. The number of nitrogens with zero attached hydrogens (tertiary/aromatic N) is 1. The minimum absolute atomic E-state index is 0.354. The van der Waals surface area contributed by atoms with Gasteiger partial charge in [0.2, 0.25) is 5.91 Å². The van der Waals surface area contributed by atoms with Crippen LogP contribution in [0.1, 0.15) is 39.0 Å². The van der Waals surface area contributed by atoms with Crippen LogP contribution in [0.3, 0.4) is 0 Å². The Bertz CT molecular complexity index is 205. The molecule has 0 aromatic heterocycles. The van der Waals surface area contributed by atoms with Crippen molar-refractivity contribution < 1.29 is 4.79 Å². The number of carbonyl (C=O) groups is 1. The van der Waals surface area contributed by atoms with Crippen LogP contribution in [0.2, 0.25) is 0 Å². The van der Waals surface area contributed by atoms with Crippen molar-refractivity contribution in [2.75, 3.05) is 0 Å². The average molecular weight is 246 g/mol. The number of hydrogen-bond donors (Lipinski definition) is 0. The van der Waals surface area contributed by atoms with E-state index in [0.717, 1.165) is 12.8 Å². The molecule has 0 aliphatic carbocycles. The molecular weight excluding hydrogens is 230 g/mol. The van der Waals surface area contributed by atoms with Crippen molar-refractivity contribution in [2.45, 2.75) is 55.9 Å². The molecule has 2 atom stereocenters. The summed E-state index contributed by atoms with van der Waals surface area (Å²) in [5.41, 5.74) is 0. The molecule has 0 N–H and O–H groups in total. The molecule has 2 heterocycles. The fourth-order valence-corrected chi connectivity index (χ4v) is 3.56. The lowest BCUT2D eigenvalue weighted by Crippen LogP contribution is -2.46. The second-order valence-electron chi connectivity index (χ2n) is 4.11. The van der Waals surface area contributed by atoms with Crippen molar-refractivity contribution in [2.24, 2.45) is 0 Å². The van der Waals surface area contributed by atoms with Gasteiger partial charge < -0.3 is 4.90 Å². The van der Waals surface area contributed by atoms with Crippen LogP contribution in [0.4, 0.5) is 0 Å². The summed E-state index contributed by atoms with van der Waals surface area (Å²) >= 11 is 3.67. The maximum Gasteiger partial charge on any atom is 0.222 e. The molecule has 2 aliphatic rings. The van der Waals surface area contributed by atoms with Gasteiger partial charge in [-0.25, -0.2) is 0 Å². The highest BCUT2D eigenvalue weighted by molar-refractivity contribution is 9.09. The molecule has 2 fully saturated rings. The van der Waals surface area contributed by atoms with Gasteiger partial charge in [-0.1, -0.05) is 22.9 Å². The molecule has 2 aliphatic heterocycles. The van der Waals surface area contributed by atoms with E-state index in [4.69, 9.17) is 0 Å². The molecule has 0 radical (unpaired) electrons. The summed E-state index contributed by atoms with van der Waals surface area (Å²) in [5.74, 6) is 0.354. The molecule has 0 spiro atoms. The lowest BCUT2D eigenvalue weighted by molar-refractivity contribution is -0.135. The number of rotatable bonds is 1. The molecule has 0 aromatic rings. The third-order valence-electron chi connectivity index (χ3n) is 3.27. The molecule has 0 saturated carbocycles. The summed E-state index contributed by atoms with van der Waals surface area (Å²) in [4.78, 5) is 14.4. The van der Waals surface area contributed by atoms with Gasteiger partial charge in [-0.15, -0.1) is 0 Å². The molecule has 74 valence electrons. The van der Waals surface area contributed by atoms with Crippen molar-refractivity contribution >= 4 is 21.8 Å². The van der Waals surface area contributed by atoms with Crippen molar-refractivity contribution in [3.63, 3.8) is 0 Å². The van der Waals surface area contributed by atoms with E-state index in [-0.39, 0.29) is 0 Å². The van der Waals surface area contributed by atoms with Crippen molar-refractivity contribution in [3.05, 3.63) is 0 Å². The first kappa shape index (κ1) is 9.50. The highest BCUT2D eigenvalue weighted by atomic mass is 79.9. The Morgan fingerprint density at radius 1 is 1.38 bits per heavy atom. The van der Waals surface area contributed by atoms with Gasteiger partial charge in [0, 0.05) is 23.3 Å². The number of piperidine rings is 1. The van der Waals surface area contributed by atoms with E-state index in [0.29, 0.717) is 29.2 Å². The summed E-state index contributed by atoms with van der Waals surface area (Å²) < 4.78 is 0. The Labute approximate surface area is 87.8 Å². The summed E-state index contributed by atoms with van der Waals surface area (Å²) in [6.07, 6.45) is 5.42. The first-order valence-electron chi connectivity index (χ1n) is 5.17. The molecule has 2 unspecified atom stereocenters. The predicted octanol–water partition coefficient (Wildman–Crippen LogP) is 2.31. The predicted molar refractivity (Wildman–Crippen MR) is 55.9 cm³/mol. The summed E-state index contributed by atoms with van der Waals surface area (Å²) in [6, 6.07) is 1.08. The molecular formula is C10H16BrNO. The fourth-order valence-electron chi connectivity index (χ4n) is 2.70. The SMILES string of the molecule is CCC(=O)N1C2CCC1CC(Br)C2. The largest absolute Gasteiger partial charge is 0.337 e. The van der Waals surface area contributed by atoms with Gasteiger partial charge in [0.15, 0.2) is 0 Å². The van der Waals surface area contributed by atoms with E-state index in [1.54, 1.807) is 0 Å². The Hall–Kier alpha value is -0.0500. The molecule has 1 amide bonds. The smallest absolute Gasteiger partial charge is 0.222 e. The van der Waals surface area contributed by atoms with Gasteiger partial charge in [-0.2, -0.15) is 0 Å². The molecule has 13 heavy (non-hydrogen) atoms. The first-order chi connectivity index (χ1) is 6.22. The molecule has 3 heteroatoms. The maximum absolute atomic E-state index is 11.6. The second-order valence-corrected chi connectivity index (χ2v) is 5.40. The second kappa shape index (κ2) is 3.60. The quantitative estimate of drug-likeness (QED) is 0.650. The molecule has 0 aromatic carbocycles. The van der Waals surface area contributed by atoms with Crippen molar-refractivity contribution in [3.8, 4) is 0 Å². The number of amides is 1. The van der Waals surface area contributed by atoms with Gasteiger partial charge >= 0.3 is 0 Å². The van der Waals surface area contributed by atoms with Crippen LogP contribution in [0, 0.1) is 0 Å². The highest BCUT2D eigenvalue weighted by Gasteiger charge is 2.41. The van der Waals surface area contributed by atoms with Gasteiger partial charge in [0.25, 0.3) is 0 Å². The van der Waals surface area contributed by atoms with Gasteiger partial charge in [-0.05, 0) is 25.7 Å². The number of hydrogen-bond acceptors (Lipinski definition) is 1. The van der Waals surface area contributed by atoms with Crippen LogP contribution in [0.25, 0.3) is 0 Å². The van der Waals surface area contributed by atoms with E-state index < -0.39 is 0 Å². The van der Waals surface area contributed by atoms with Crippen LogP contribution < -0.4 is 0 Å². The zero-order valence-corrected chi connectivity index (χ0v) is 9.59. The molecule has 2 nitrogen and oxygen atoms in total. The third kappa shape index (κ3) is 1.63. The van der Waals surface area contributed by atoms with Crippen LogP contribution in [0.15, 0.2) is 0 Å². The van der Waals surface area contributed by atoms with Crippen LogP contribution >= 0.6 is 15.9 Å². The monoisotopic (exact) mass is 245 g/mol. The fraction of sp³-hybridized carbons (Fsp3) is 0.900. The number of alkyl halides is 1. The van der Waals surface area contributed by atoms with Crippen LogP contribution in [0.5, 0.6) is 0 Å². The zero-order chi connectivity index (χ0) is 9.42. The Kier molecular flexibility index (Phi) is 2.63. The zero-order valence-electron chi connectivity index (χ0n) is 8.00. The third-order valence-corrected chi connectivity index (χ3v) is 4.01. The molecule has 2 saturated heterocycles. The Morgan fingerprint density at radius 2 is 1.92 bits per heavy atom. The standard InChI is InChI=1S/C10H16BrNO/c1-2-10(13)12-8-3-4-9(12)6-7(11)5-8/h7-9H,2-6H2,1H3. The number of fused-ring (bicyclic) bond motifs is 2. The van der Waals surface area contributed by atoms with E-state index in [2.05, 4.69) is 20.8 Å². The lowest BCUT2D eigenvalue weighted by Gasteiger charge is -2.37. The first-order valence-corrected chi connectivity index (χ1v) is 6.09. The van der Waals surface area contributed by atoms with Crippen LogP contribution in [-0.2, 0) is 4.79 Å². The minimum Gasteiger partial charge on any atom is -0.337 e. The van der Waals surface area contributed by atoms with Crippen molar-refractivity contribution in [1.82, 2.24) is 4.90 Å². The maximum atomic E-state index is 11.6. The molecule has 2 rings (SSSR count). The summed E-state index contributed by atoms with van der Waals surface area (Å²) in [5, 5.41) is 0.